The van der Waals surface area contributed by atoms with Crippen LogP contribution in [0.3, 0.4) is 0 Å². The number of carbonyl (C=O) groups is 1. The molecule has 0 atom stereocenters. The van der Waals surface area contributed by atoms with Gasteiger partial charge >= 0.3 is 0 Å². The number of hydrogen-bond donors (Lipinski definition) is 0. The minimum Gasteiger partial charge on any atom is -0.465 e. The number of likely N-dealkylation sites (N-methyl/N-ethyl adjacent to an activating group) is 1. The van der Waals surface area contributed by atoms with Crippen LogP contribution in [-0.2, 0) is 6.54 Å². The number of hydrogen-bond acceptors (Lipinski definition) is 5. The summed E-state index contributed by atoms with van der Waals surface area (Å²) in [6, 6.07) is 9.50. The largest absolute Gasteiger partial charge is 0.465 e. The quantitative estimate of drug-likeness (QED) is 0.464. The van der Waals surface area contributed by atoms with E-state index in [2.05, 4.69) is 0 Å². The first kappa shape index (κ1) is 14.9. The highest BCUT2D eigenvalue weighted by molar-refractivity contribution is 5.98. The summed E-state index contributed by atoms with van der Waals surface area (Å²) in [6.07, 6.45) is 0. The molecule has 0 aliphatic rings. The smallest absolute Gasteiger partial charge is 0.270 e. The molecule has 0 unspecified atom stereocenters. The van der Waals surface area contributed by atoms with E-state index in [1.807, 2.05) is 19.1 Å². The zero-order valence-electron chi connectivity index (χ0n) is 11.9. The van der Waals surface area contributed by atoms with Crippen LogP contribution >= 0.6 is 0 Å². The van der Waals surface area contributed by atoms with Gasteiger partial charge in [0.25, 0.3) is 5.69 Å². The second kappa shape index (κ2) is 6.32. The van der Waals surface area contributed by atoms with E-state index in [4.69, 9.17) is 4.42 Å². The molecule has 0 saturated heterocycles. The van der Waals surface area contributed by atoms with Crippen LogP contribution in [0, 0.1) is 17.0 Å². The van der Waals surface area contributed by atoms with Gasteiger partial charge in [-0.3, -0.25) is 19.8 Å². The van der Waals surface area contributed by atoms with Crippen molar-refractivity contribution in [3.8, 4) is 0 Å². The minimum atomic E-state index is -0.508. The molecule has 21 heavy (non-hydrogen) atoms. The minimum absolute atomic E-state index is 0.0786. The molecule has 0 N–H and O–H groups in total. The summed E-state index contributed by atoms with van der Waals surface area (Å²) in [5, 5.41) is 10.7. The highest BCUT2D eigenvalue weighted by Crippen LogP contribution is 2.14. The normalized spacial score (nSPS) is 10.8. The van der Waals surface area contributed by atoms with Crippen LogP contribution in [-0.4, -0.2) is 29.2 Å². The van der Waals surface area contributed by atoms with Gasteiger partial charge in [-0.2, -0.15) is 0 Å². The molecule has 0 saturated carbocycles. The van der Waals surface area contributed by atoms with E-state index >= 15 is 0 Å². The standard InChI is InChI=1S/C15H16N2O4/c1-11-6-7-14(21-11)9-16(2)10-15(18)12-4-3-5-13(8-12)17(19)20/h3-8H,9-10H2,1-2H3. The lowest BCUT2D eigenvalue weighted by Gasteiger charge is -2.14. The summed E-state index contributed by atoms with van der Waals surface area (Å²) in [5.74, 6) is 1.44. The van der Waals surface area contributed by atoms with Crippen molar-refractivity contribution in [1.82, 2.24) is 4.90 Å². The molecule has 0 aliphatic heterocycles. The van der Waals surface area contributed by atoms with Crippen LogP contribution < -0.4 is 0 Å². The molecule has 6 heteroatoms. The molecule has 2 rings (SSSR count). The molecule has 110 valence electrons. The molecule has 1 aromatic carbocycles. The molecule has 6 nitrogen and oxygen atoms in total. The van der Waals surface area contributed by atoms with Gasteiger partial charge in [-0.25, -0.2) is 0 Å². The second-order valence-corrected chi connectivity index (χ2v) is 4.92. The summed E-state index contributed by atoms with van der Waals surface area (Å²) in [6.45, 7) is 2.53. The Labute approximate surface area is 122 Å². The maximum atomic E-state index is 12.1. The molecule has 1 heterocycles. The van der Waals surface area contributed by atoms with Crippen LogP contribution in [0.2, 0.25) is 0 Å². The zero-order valence-corrected chi connectivity index (χ0v) is 11.9. The van der Waals surface area contributed by atoms with E-state index in [-0.39, 0.29) is 18.0 Å². The molecular weight excluding hydrogens is 272 g/mol. The van der Waals surface area contributed by atoms with Crippen LogP contribution in [0.4, 0.5) is 5.69 Å². The number of benzene rings is 1. The summed E-state index contributed by atoms with van der Waals surface area (Å²) in [4.78, 5) is 24.1. The monoisotopic (exact) mass is 288 g/mol. The molecular formula is C15H16N2O4. The first-order valence-electron chi connectivity index (χ1n) is 6.47. The van der Waals surface area contributed by atoms with Crippen molar-refractivity contribution in [2.24, 2.45) is 0 Å². The first-order chi connectivity index (χ1) is 9.95. The van der Waals surface area contributed by atoms with Gasteiger partial charge < -0.3 is 4.42 Å². The Morgan fingerprint density at radius 2 is 2.10 bits per heavy atom. The Hall–Kier alpha value is -2.47. The Balaban J connectivity index is 2.00. The molecule has 0 aliphatic carbocycles. The molecule has 1 aromatic heterocycles. The number of nitro benzene ring substituents is 1. The van der Waals surface area contributed by atoms with Gasteiger partial charge in [0.1, 0.15) is 11.5 Å². The number of furan rings is 1. The number of nitrogens with zero attached hydrogens (tertiary/aromatic N) is 2. The van der Waals surface area contributed by atoms with Crippen LogP contribution in [0.15, 0.2) is 40.8 Å². The van der Waals surface area contributed by atoms with Gasteiger partial charge in [-0.05, 0) is 26.1 Å². The van der Waals surface area contributed by atoms with Gasteiger partial charge in [0.2, 0.25) is 0 Å². The van der Waals surface area contributed by atoms with Gasteiger partial charge in [-0.15, -0.1) is 0 Å². The number of ketones is 1. The first-order valence-corrected chi connectivity index (χ1v) is 6.47. The third-order valence-corrected chi connectivity index (χ3v) is 3.01. The summed E-state index contributed by atoms with van der Waals surface area (Å²) in [7, 11) is 1.80. The maximum absolute atomic E-state index is 12.1. The van der Waals surface area contributed by atoms with Crippen molar-refractivity contribution in [1.29, 1.82) is 0 Å². The Morgan fingerprint density at radius 3 is 2.71 bits per heavy atom. The average molecular weight is 288 g/mol. The lowest BCUT2D eigenvalue weighted by atomic mass is 10.1. The number of nitro groups is 1. The van der Waals surface area contributed by atoms with E-state index in [0.29, 0.717) is 12.1 Å². The van der Waals surface area contributed by atoms with Gasteiger partial charge in [-0.1, -0.05) is 12.1 Å². The SMILES string of the molecule is Cc1ccc(CN(C)CC(=O)c2cccc([N+](=O)[O-])c2)o1. The van der Waals surface area contributed by atoms with E-state index in [1.54, 1.807) is 18.0 Å². The van der Waals surface area contributed by atoms with Gasteiger partial charge in [0.05, 0.1) is 18.0 Å². The molecule has 0 spiro atoms. The predicted octanol–water partition coefficient (Wildman–Crippen LogP) is 2.81. The Morgan fingerprint density at radius 1 is 1.33 bits per heavy atom. The van der Waals surface area contributed by atoms with Crippen LogP contribution in [0.1, 0.15) is 21.9 Å². The van der Waals surface area contributed by atoms with Crippen molar-refractivity contribution >= 4 is 11.5 Å². The molecule has 2 aromatic rings. The van der Waals surface area contributed by atoms with E-state index in [9.17, 15) is 14.9 Å². The van der Waals surface area contributed by atoms with Crippen molar-refractivity contribution in [3.63, 3.8) is 0 Å². The van der Waals surface area contributed by atoms with Gasteiger partial charge in [0.15, 0.2) is 5.78 Å². The summed E-state index contributed by atoms with van der Waals surface area (Å²) >= 11 is 0. The molecule has 0 bridgehead atoms. The van der Waals surface area contributed by atoms with Crippen LogP contribution in [0.5, 0.6) is 0 Å². The van der Waals surface area contributed by atoms with Crippen LogP contribution in [0.25, 0.3) is 0 Å². The van der Waals surface area contributed by atoms with E-state index in [1.165, 1.54) is 18.2 Å². The third-order valence-electron chi connectivity index (χ3n) is 3.01. The van der Waals surface area contributed by atoms with Crippen molar-refractivity contribution in [3.05, 3.63) is 63.6 Å². The Bertz CT molecular complexity index is 663. The Kier molecular flexibility index (Phi) is 4.49. The molecule has 0 amide bonds. The zero-order chi connectivity index (χ0) is 15.4. The predicted molar refractivity (Wildman–Crippen MR) is 77.2 cm³/mol. The van der Waals surface area contributed by atoms with E-state index < -0.39 is 4.92 Å². The summed E-state index contributed by atoms with van der Waals surface area (Å²) < 4.78 is 5.45. The second-order valence-electron chi connectivity index (χ2n) is 4.92. The lowest BCUT2D eigenvalue weighted by Crippen LogP contribution is -2.25. The van der Waals surface area contributed by atoms with Crippen molar-refractivity contribution < 1.29 is 14.1 Å². The van der Waals surface area contributed by atoms with Crippen molar-refractivity contribution in [2.45, 2.75) is 13.5 Å². The third kappa shape index (κ3) is 4.00. The maximum Gasteiger partial charge on any atom is 0.270 e. The fourth-order valence-corrected chi connectivity index (χ4v) is 2.02. The number of aryl methyl sites for hydroxylation is 1. The molecule has 0 fully saturated rings. The highest BCUT2D eigenvalue weighted by atomic mass is 16.6. The van der Waals surface area contributed by atoms with Crippen molar-refractivity contribution in [2.75, 3.05) is 13.6 Å². The molecule has 0 radical (unpaired) electrons. The highest BCUT2D eigenvalue weighted by Gasteiger charge is 2.14. The summed E-state index contributed by atoms with van der Waals surface area (Å²) in [5.41, 5.74) is 0.261. The van der Waals surface area contributed by atoms with E-state index in [0.717, 1.165) is 11.5 Å². The number of rotatable bonds is 6. The fourth-order valence-electron chi connectivity index (χ4n) is 2.02. The topological polar surface area (TPSA) is 76.6 Å². The number of carbonyl (C=O) groups excluding carboxylic acids is 1. The average Bonchev–Trinajstić information content (AvgIpc) is 2.83. The van der Waals surface area contributed by atoms with Gasteiger partial charge in [0, 0.05) is 17.7 Å². The number of Topliss-reactive ketones (excluding diaryl/α,β-unsaturated/α-hetero) is 1. The fraction of sp³-hybridized carbons (Fsp3) is 0.267. The number of non-ortho nitro benzene ring substituents is 1. The lowest BCUT2D eigenvalue weighted by molar-refractivity contribution is -0.384.